The van der Waals surface area contributed by atoms with Gasteiger partial charge in [0.05, 0.1) is 14.2 Å². The van der Waals surface area contributed by atoms with Gasteiger partial charge in [-0.3, -0.25) is 4.79 Å². The van der Waals surface area contributed by atoms with Crippen LogP contribution in [0.25, 0.3) is 0 Å². The van der Waals surface area contributed by atoms with E-state index in [0.29, 0.717) is 33.8 Å². The topological polar surface area (TPSA) is 48.0 Å². The first-order chi connectivity index (χ1) is 11.9. The summed E-state index contributed by atoms with van der Waals surface area (Å²) in [4.78, 5) is 13.8. The second-order valence-corrected chi connectivity index (χ2v) is 6.19. The fourth-order valence-electron chi connectivity index (χ4n) is 2.19. The molecule has 7 heteroatoms. The van der Waals surface area contributed by atoms with Crippen LogP contribution in [-0.4, -0.2) is 38.7 Å². The minimum atomic E-state index is -0.186. The van der Waals surface area contributed by atoms with Crippen molar-refractivity contribution in [2.45, 2.75) is 6.54 Å². The zero-order chi connectivity index (χ0) is 18.4. The number of carbonyl (C=O) groups is 1. The maximum absolute atomic E-state index is 12.3. The maximum Gasteiger partial charge on any atom is 0.260 e. The van der Waals surface area contributed by atoms with Gasteiger partial charge in [0.2, 0.25) is 0 Å². The third-order valence-corrected chi connectivity index (χ3v) is 3.96. The summed E-state index contributed by atoms with van der Waals surface area (Å²) in [6, 6.07) is 10.3. The van der Waals surface area contributed by atoms with Crippen LogP contribution in [0.1, 0.15) is 5.56 Å². The van der Waals surface area contributed by atoms with Gasteiger partial charge in [-0.05, 0) is 30.3 Å². The highest BCUT2D eigenvalue weighted by atomic mass is 35.5. The Morgan fingerprint density at radius 1 is 1.00 bits per heavy atom. The van der Waals surface area contributed by atoms with E-state index in [9.17, 15) is 4.79 Å². The zero-order valence-electron chi connectivity index (χ0n) is 14.2. The van der Waals surface area contributed by atoms with E-state index in [1.807, 2.05) is 12.1 Å². The number of ether oxygens (including phenoxy) is 3. The Kier molecular flexibility index (Phi) is 6.79. The number of methoxy groups -OCH3 is 2. The first kappa shape index (κ1) is 19.2. The van der Waals surface area contributed by atoms with Crippen molar-refractivity contribution in [3.8, 4) is 17.2 Å². The van der Waals surface area contributed by atoms with Crippen LogP contribution < -0.4 is 14.2 Å². The van der Waals surface area contributed by atoms with Gasteiger partial charge in [-0.2, -0.15) is 0 Å². The van der Waals surface area contributed by atoms with Crippen molar-refractivity contribution in [2.24, 2.45) is 0 Å². The molecule has 2 aromatic rings. The fourth-order valence-corrected chi connectivity index (χ4v) is 2.70. The lowest BCUT2D eigenvalue weighted by molar-refractivity contribution is -0.132. The van der Waals surface area contributed by atoms with Crippen LogP contribution in [0.5, 0.6) is 17.2 Å². The second kappa shape index (κ2) is 8.83. The monoisotopic (exact) mass is 383 g/mol. The van der Waals surface area contributed by atoms with Crippen LogP contribution >= 0.6 is 23.2 Å². The van der Waals surface area contributed by atoms with E-state index in [-0.39, 0.29) is 12.5 Å². The highest BCUT2D eigenvalue weighted by Gasteiger charge is 2.14. The smallest absolute Gasteiger partial charge is 0.260 e. The number of hydrogen-bond acceptors (Lipinski definition) is 4. The molecule has 0 spiro atoms. The Bertz CT molecular complexity index is 732. The van der Waals surface area contributed by atoms with Gasteiger partial charge in [-0.1, -0.05) is 23.2 Å². The van der Waals surface area contributed by atoms with Gasteiger partial charge in [0.15, 0.2) is 6.61 Å². The minimum Gasteiger partial charge on any atom is -0.497 e. The van der Waals surface area contributed by atoms with Gasteiger partial charge in [0.1, 0.15) is 17.2 Å². The Morgan fingerprint density at radius 2 is 1.68 bits per heavy atom. The van der Waals surface area contributed by atoms with Gasteiger partial charge in [0, 0.05) is 35.3 Å². The van der Waals surface area contributed by atoms with Crippen LogP contribution in [-0.2, 0) is 11.3 Å². The molecule has 134 valence electrons. The van der Waals surface area contributed by atoms with Gasteiger partial charge in [0.25, 0.3) is 5.91 Å². The van der Waals surface area contributed by atoms with E-state index in [0.717, 1.165) is 5.56 Å². The summed E-state index contributed by atoms with van der Waals surface area (Å²) in [6.45, 7) is 0.261. The molecule has 0 unspecified atom stereocenters. The molecule has 0 aliphatic heterocycles. The van der Waals surface area contributed by atoms with Crippen molar-refractivity contribution < 1.29 is 19.0 Å². The number of halogens is 2. The molecule has 0 saturated heterocycles. The number of rotatable bonds is 7. The van der Waals surface area contributed by atoms with E-state index in [1.54, 1.807) is 50.4 Å². The molecule has 0 fully saturated rings. The van der Waals surface area contributed by atoms with E-state index >= 15 is 0 Å². The number of benzene rings is 2. The predicted octanol–water partition coefficient (Wildman–Crippen LogP) is 4.05. The number of nitrogens with zero attached hydrogens (tertiary/aromatic N) is 1. The molecule has 0 saturated carbocycles. The molecule has 0 bridgehead atoms. The van der Waals surface area contributed by atoms with Crippen LogP contribution in [0, 0.1) is 0 Å². The molecule has 0 aliphatic rings. The van der Waals surface area contributed by atoms with Crippen LogP contribution in [0.2, 0.25) is 10.0 Å². The highest BCUT2D eigenvalue weighted by molar-refractivity contribution is 6.34. The van der Waals surface area contributed by atoms with Crippen molar-refractivity contribution in [3.05, 3.63) is 52.0 Å². The molecule has 0 atom stereocenters. The number of carbonyl (C=O) groups excluding carboxylic acids is 1. The lowest BCUT2D eigenvalue weighted by Crippen LogP contribution is -2.31. The molecule has 25 heavy (non-hydrogen) atoms. The predicted molar refractivity (Wildman–Crippen MR) is 98.0 cm³/mol. The zero-order valence-corrected chi connectivity index (χ0v) is 15.7. The molecular formula is C18H19Cl2NO4. The molecule has 0 radical (unpaired) electrons. The highest BCUT2D eigenvalue weighted by Crippen LogP contribution is 2.26. The van der Waals surface area contributed by atoms with Crippen molar-refractivity contribution >= 4 is 29.1 Å². The summed E-state index contributed by atoms with van der Waals surface area (Å²) in [5, 5.41) is 0.901. The SMILES string of the molecule is COc1ccc(CN(C)C(=O)COc2cc(Cl)cc(Cl)c2)c(OC)c1. The summed E-state index contributed by atoms with van der Waals surface area (Å²) in [6.07, 6.45) is 0. The number of amides is 1. The van der Waals surface area contributed by atoms with Crippen LogP contribution in [0.15, 0.2) is 36.4 Å². The van der Waals surface area contributed by atoms with E-state index in [2.05, 4.69) is 0 Å². The third-order valence-electron chi connectivity index (χ3n) is 3.53. The minimum absolute atomic E-state index is 0.119. The summed E-state index contributed by atoms with van der Waals surface area (Å²) in [7, 11) is 4.86. The average Bonchev–Trinajstić information content (AvgIpc) is 2.59. The molecule has 5 nitrogen and oxygen atoms in total. The standard InChI is InChI=1S/C18H19Cl2NO4/c1-21(10-12-4-5-15(23-2)9-17(12)24-3)18(22)11-25-16-7-13(19)6-14(20)8-16/h4-9H,10-11H2,1-3H3. The number of hydrogen-bond donors (Lipinski definition) is 0. The molecule has 2 rings (SSSR count). The van der Waals surface area contributed by atoms with E-state index < -0.39 is 0 Å². The summed E-state index contributed by atoms with van der Waals surface area (Å²) >= 11 is 11.8. The molecule has 2 aromatic carbocycles. The fraction of sp³-hybridized carbons (Fsp3) is 0.278. The van der Waals surface area contributed by atoms with Gasteiger partial charge < -0.3 is 19.1 Å². The normalized spacial score (nSPS) is 10.3. The summed E-state index contributed by atoms with van der Waals surface area (Å²) in [5.74, 6) is 1.60. The quantitative estimate of drug-likeness (QED) is 0.723. The largest absolute Gasteiger partial charge is 0.497 e. The van der Waals surface area contributed by atoms with Crippen molar-refractivity contribution in [3.63, 3.8) is 0 Å². The molecule has 0 aromatic heterocycles. The van der Waals surface area contributed by atoms with Crippen molar-refractivity contribution in [1.82, 2.24) is 4.90 Å². The molecule has 0 N–H and O–H groups in total. The van der Waals surface area contributed by atoms with Gasteiger partial charge in [-0.15, -0.1) is 0 Å². The first-order valence-electron chi connectivity index (χ1n) is 7.46. The van der Waals surface area contributed by atoms with E-state index in [4.69, 9.17) is 37.4 Å². The van der Waals surface area contributed by atoms with Gasteiger partial charge in [-0.25, -0.2) is 0 Å². The molecule has 0 aliphatic carbocycles. The van der Waals surface area contributed by atoms with Crippen LogP contribution in [0.3, 0.4) is 0 Å². The van der Waals surface area contributed by atoms with Crippen molar-refractivity contribution in [2.75, 3.05) is 27.9 Å². The van der Waals surface area contributed by atoms with E-state index in [1.165, 1.54) is 0 Å². The Labute approximate surface area is 157 Å². The lowest BCUT2D eigenvalue weighted by Gasteiger charge is -2.19. The van der Waals surface area contributed by atoms with Gasteiger partial charge >= 0.3 is 0 Å². The summed E-state index contributed by atoms with van der Waals surface area (Å²) < 4.78 is 16.0. The van der Waals surface area contributed by atoms with Crippen LogP contribution in [0.4, 0.5) is 0 Å². The summed E-state index contributed by atoms with van der Waals surface area (Å²) in [5.41, 5.74) is 0.866. The Balaban J connectivity index is 1.98. The molecule has 0 heterocycles. The van der Waals surface area contributed by atoms with Crippen molar-refractivity contribution in [1.29, 1.82) is 0 Å². The number of likely N-dealkylation sites (N-methyl/N-ethyl adjacent to an activating group) is 1. The maximum atomic E-state index is 12.3. The molecule has 1 amide bonds. The third kappa shape index (κ3) is 5.44. The second-order valence-electron chi connectivity index (χ2n) is 5.32. The lowest BCUT2D eigenvalue weighted by atomic mass is 10.2. The first-order valence-corrected chi connectivity index (χ1v) is 8.22. The average molecular weight is 384 g/mol. The Morgan fingerprint density at radius 3 is 2.28 bits per heavy atom. The molecular weight excluding hydrogens is 365 g/mol. The Hall–Kier alpha value is -2.11.